The van der Waals surface area contributed by atoms with Crippen LogP contribution in [-0.4, -0.2) is 55.3 Å². The van der Waals surface area contributed by atoms with Crippen LogP contribution in [0, 0.1) is 5.82 Å². The lowest BCUT2D eigenvalue weighted by molar-refractivity contribution is -0.200. The van der Waals surface area contributed by atoms with E-state index in [4.69, 9.17) is 9.47 Å². The topological polar surface area (TPSA) is 97.0 Å². The van der Waals surface area contributed by atoms with Crippen LogP contribution in [0.5, 0.6) is 11.5 Å². The minimum absolute atomic E-state index is 0.0169. The van der Waals surface area contributed by atoms with Crippen molar-refractivity contribution < 1.29 is 41.4 Å². The molecule has 1 aliphatic rings. The molecule has 3 rings (SSSR count). The number of hydrogen-bond donors (Lipinski definition) is 2. The third kappa shape index (κ3) is 4.54. The summed E-state index contributed by atoms with van der Waals surface area (Å²) in [6.45, 7) is -0.416. The predicted molar refractivity (Wildman–Crippen MR) is 106 cm³/mol. The molecule has 2 aromatic carbocycles. The first-order valence-electron chi connectivity index (χ1n) is 9.52. The molecule has 0 unspecified atom stereocenters. The normalized spacial score (nSPS) is 18.2. The van der Waals surface area contributed by atoms with Crippen molar-refractivity contribution in [2.45, 2.75) is 18.3 Å². The SMILES string of the molecule is COc1ccc(C(=O)N[C@]2(C(F)(F)F)NC(=O)N(CCc3ccc(F)cc3)C2=O)cc1OC. The number of hydrogen-bond acceptors (Lipinski definition) is 5. The van der Waals surface area contributed by atoms with Gasteiger partial charge in [-0.15, -0.1) is 0 Å². The van der Waals surface area contributed by atoms with Crippen LogP contribution in [0.1, 0.15) is 15.9 Å². The van der Waals surface area contributed by atoms with Gasteiger partial charge in [-0.05, 0) is 42.3 Å². The highest BCUT2D eigenvalue weighted by Crippen LogP contribution is 2.35. The van der Waals surface area contributed by atoms with Crippen LogP contribution in [0.3, 0.4) is 0 Å². The molecule has 2 N–H and O–H groups in total. The minimum Gasteiger partial charge on any atom is -0.493 e. The maximum atomic E-state index is 14.0. The molecule has 8 nitrogen and oxygen atoms in total. The van der Waals surface area contributed by atoms with Gasteiger partial charge in [-0.25, -0.2) is 9.18 Å². The van der Waals surface area contributed by atoms with E-state index in [0.29, 0.717) is 10.5 Å². The quantitative estimate of drug-likeness (QED) is 0.480. The number of methoxy groups -OCH3 is 2. The Hall–Kier alpha value is -3.83. The van der Waals surface area contributed by atoms with Crippen LogP contribution in [0.2, 0.25) is 0 Å². The molecule has 1 aliphatic heterocycles. The second-order valence-electron chi connectivity index (χ2n) is 7.04. The maximum Gasteiger partial charge on any atom is 0.440 e. The van der Waals surface area contributed by atoms with Gasteiger partial charge in [-0.2, -0.15) is 13.2 Å². The van der Waals surface area contributed by atoms with Gasteiger partial charge < -0.3 is 14.8 Å². The number of urea groups is 1. The third-order valence-electron chi connectivity index (χ3n) is 5.01. The molecule has 0 bridgehead atoms. The summed E-state index contributed by atoms with van der Waals surface area (Å²) in [5.41, 5.74) is -3.42. The first kappa shape index (κ1) is 23.8. The molecule has 1 fully saturated rings. The summed E-state index contributed by atoms with van der Waals surface area (Å²) in [6.07, 6.45) is -5.37. The molecule has 4 amide bonds. The Bertz CT molecular complexity index is 1070. The fourth-order valence-electron chi connectivity index (χ4n) is 3.24. The second kappa shape index (κ2) is 8.96. The first-order valence-corrected chi connectivity index (χ1v) is 9.52. The van der Waals surface area contributed by atoms with Gasteiger partial charge in [0.1, 0.15) is 5.82 Å². The standard InChI is InChI=1S/C21H19F4N3O5/c1-32-15-8-5-13(11-16(15)33-2)17(29)26-20(21(23,24)25)18(30)28(19(31)27-20)10-9-12-3-6-14(22)7-4-12/h3-8,11H,9-10H2,1-2H3,(H,26,29)(H,27,31)/t20-/m0/s1. The van der Waals surface area contributed by atoms with Crippen LogP contribution >= 0.6 is 0 Å². The largest absolute Gasteiger partial charge is 0.493 e. The van der Waals surface area contributed by atoms with Gasteiger partial charge in [0.2, 0.25) is 0 Å². The molecule has 1 saturated heterocycles. The van der Waals surface area contributed by atoms with Crippen molar-refractivity contribution in [3.05, 3.63) is 59.4 Å². The van der Waals surface area contributed by atoms with E-state index in [1.54, 1.807) is 10.6 Å². The summed E-state index contributed by atoms with van der Waals surface area (Å²) in [6, 6.07) is 7.33. The van der Waals surface area contributed by atoms with Crippen LogP contribution in [-0.2, 0) is 11.2 Å². The molecule has 0 saturated carbocycles. The molecular weight excluding hydrogens is 450 g/mol. The van der Waals surface area contributed by atoms with Crippen LogP contribution in [0.25, 0.3) is 0 Å². The van der Waals surface area contributed by atoms with E-state index < -0.39 is 42.0 Å². The predicted octanol–water partition coefficient (Wildman–Crippen LogP) is 2.63. The lowest BCUT2D eigenvalue weighted by Crippen LogP contribution is -2.69. The van der Waals surface area contributed by atoms with Crippen LogP contribution in [0.15, 0.2) is 42.5 Å². The number of nitrogens with zero attached hydrogens (tertiary/aromatic N) is 1. The molecule has 33 heavy (non-hydrogen) atoms. The van der Waals surface area contributed by atoms with Crippen molar-refractivity contribution in [3.63, 3.8) is 0 Å². The van der Waals surface area contributed by atoms with Crippen molar-refractivity contribution >= 4 is 17.8 Å². The van der Waals surface area contributed by atoms with Gasteiger partial charge in [0.05, 0.1) is 14.2 Å². The van der Waals surface area contributed by atoms with E-state index >= 15 is 0 Å². The van der Waals surface area contributed by atoms with Crippen molar-refractivity contribution in [2.24, 2.45) is 0 Å². The van der Waals surface area contributed by atoms with Gasteiger partial charge in [-0.1, -0.05) is 12.1 Å². The highest BCUT2D eigenvalue weighted by molar-refractivity contribution is 6.10. The van der Waals surface area contributed by atoms with Crippen molar-refractivity contribution in [2.75, 3.05) is 20.8 Å². The molecule has 0 aliphatic carbocycles. The number of alkyl halides is 3. The summed E-state index contributed by atoms with van der Waals surface area (Å²) in [4.78, 5) is 38.0. The Morgan fingerprint density at radius 3 is 2.27 bits per heavy atom. The number of amides is 4. The zero-order chi connectivity index (χ0) is 24.4. The van der Waals surface area contributed by atoms with Gasteiger partial charge in [-0.3, -0.25) is 19.8 Å². The van der Waals surface area contributed by atoms with E-state index in [2.05, 4.69) is 0 Å². The molecule has 1 heterocycles. The van der Waals surface area contributed by atoms with E-state index in [0.717, 1.165) is 18.2 Å². The summed E-state index contributed by atoms with van der Waals surface area (Å²) in [5.74, 6) is -3.16. The van der Waals surface area contributed by atoms with Gasteiger partial charge in [0.15, 0.2) is 11.5 Å². The van der Waals surface area contributed by atoms with Gasteiger partial charge in [0, 0.05) is 12.1 Å². The number of halogens is 4. The Morgan fingerprint density at radius 1 is 1.06 bits per heavy atom. The highest BCUT2D eigenvalue weighted by Gasteiger charge is 2.68. The van der Waals surface area contributed by atoms with Crippen molar-refractivity contribution in [1.29, 1.82) is 0 Å². The lowest BCUT2D eigenvalue weighted by atomic mass is 10.1. The summed E-state index contributed by atoms with van der Waals surface area (Å²) < 4.78 is 65.1. The number of carbonyl (C=O) groups is 3. The molecule has 176 valence electrons. The highest BCUT2D eigenvalue weighted by atomic mass is 19.4. The number of rotatable bonds is 7. The zero-order valence-electron chi connectivity index (χ0n) is 17.5. The van der Waals surface area contributed by atoms with Crippen LogP contribution < -0.4 is 20.1 Å². The Morgan fingerprint density at radius 2 is 1.70 bits per heavy atom. The monoisotopic (exact) mass is 469 g/mol. The number of carbonyl (C=O) groups excluding carboxylic acids is 3. The van der Waals surface area contributed by atoms with Crippen molar-refractivity contribution in [3.8, 4) is 11.5 Å². The lowest BCUT2D eigenvalue weighted by Gasteiger charge is -2.30. The number of nitrogens with one attached hydrogen (secondary N) is 2. The van der Waals surface area contributed by atoms with Gasteiger partial charge >= 0.3 is 12.2 Å². The number of benzene rings is 2. The Balaban J connectivity index is 1.85. The Labute approximate surface area is 185 Å². The van der Waals surface area contributed by atoms with E-state index in [-0.39, 0.29) is 23.5 Å². The van der Waals surface area contributed by atoms with Gasteiger partial charge in [0.25, 0.3) is 17.5 Å². The molecule has 2 aromatic rings. The molecule has 0 aromatic heterocycles. The summed E-state index contributed by atoms with van der Waals surface area (Å²) in [5, 5.41) is 3.19. The average molecular weight is 469 g/mol. The maximum absolute atomic E-state index is 14.0. The zero-order valence-corrected chi connectivity index (χ0v) is 17.5. The fraction of sp³-hybridized carbons (Fsp3) is 0.286. The summed E-state index contributed by atoms with van der Waals surface area (Å²) >= 11 is 0. The molecule has 0 radical (unpaired) electrons. The fourth-order valence-corrected chi connectivity index (χ4v) is 3.24. The van der Waals surface area contributed by atoms with E-state index in [1.165, 1.54) is 38.5 Å². The molecule has 12 heteroatoms. The number of ether oxygens (including phenoxy) is 2. The second-order valence-corrected chi connectivity index (χ2v) is 7.04. The number of imide groups is 1. The molecule has 1 atom stereocenters. The minimum atomic E-state index is -5.35. The molecule has 0 spiro atoms. The van der Waals surface area contributed by atoms with Crippen molar-refractivity contribution in [1.82, 2.24) is 15.5 Å². The average Bonchev–Trinajstić information content (AvgIpc) is 3.02. The summed E-state index contributed by atoms with van der Waals surface area (Å²) in [7, 11) is 2.61. The van der Waals surface area contributed by atoms with E-state index in [9.17, 15) is 31.9 Å². The molecular formula is C21H19F4N3O5. The third-order valence-corrected chi connectivity index (χ3v) is 5.01. The van der Waals surface area contributed by atoms with Crippen LogP contribution in [0.4, 0.5) is 22.4 Å². The smallest absolute Gasteiger partial charge is 0.440 e. The van der Waals surface area contributed by atoms with E-state index in [1.807, 2.05) is 0 Å². The Kier molecular flexibility index (Phi) is 6.47. The first-order chi connectivity index (χ1) is 15.5.